The molecule has 1 amide bonds. The molecular weight excluding hydrogens is 470 g/mol. The van der Waals surface area contributed by atoms with Gasteiger partial charge in [0.05, 0.1) is 15.0 Å². The molecule has 0 spiro atoms. The smallest absolute Gasteiger partial charge is 0.220 e. The summed E-state index contributed by atoms with van der Waals surface area (Å²) in [6, 6.07) is 3.14. The lowest BCUT2D eigenvalue weighted by molar-refractivity contribution is -0.133. The predicted molar refractivity (Wildman–Crippen MR) is 100 cm³/mol. The molecule has 1 saturated carbocycles. The van der Waals surface area contributed by atoms with E-state index in [1.54, 1.807) is 12.1 Å². The van der Waals surface area contributed by atoms with E-state index in [0.29, 0.717) is 34.0 Å². The van der Waals surface area contributed by atoms with E-state index in [1.807, 2.05) is 0 Å². The highest BCUT2D eigenvalue weighted by Crippen LogP contribution is 2.38. The summed E-state index contributed by atoms with van der Waals surface area (Å²) in [5, 5.41) is 2.81. The Morgan fingerprint density at radius 3 is 2.42 bits per heavy atom. The Kier molecular flexibility index (Phi) is 5.92. The molecule has 1 N–H and O–H groups in total. The fourth-order valence-corrected chi connectivity index (χ4v) is 4.56. The molecule has 1 aromatic carbocycles. The molecule has 3 rings (SSSR count). The van der Waals surface area contributed by atoms with E-state index in [-0.39, 0.29) is 48.5 Å². The highest BCUT2D eigenvalue weighted by Gasteiger charge is 2.37. The lowest BCUT2D eigenvalue weighted by atomic mass is 9.81. The number of ether oxygens (including phenoxy) is 1. The van der Waals surface area contributed by atoms with Crippen LogP contribution < -0.4 is 10.1 Å². The largest absolute Gasteiger partial charge is 0.489 e. The molecule has 2 fully saturated rings. The van der Waals surface area contributed by atoms with E-state index in [2.05, 4.69) is 37.2 Å². The Balaban J connectivity index is 1.82. The van der Waals surface area contributed by atoms with Gasteiger partial charge in [-0.05, 0) is 56.8 Å². The molecule has 0 unspecified atom stereocenters. The summed E-state index contributed by atoms with van der Waals surface area (Å²) in [6.45, 7) is 0.266. The number of carbonyl (C=O) groups is 4. The third-order valence-corrected chi connectivity index (χ3v) is 5.99. The van der Waals surface area contributed by atoms with Crippen LogP contribution in [0.15, 0.2) is 21.1 Å². The number of halogens is 2. The van der Waals surface area contributed by atoms with Gasteiger partial charge in [-0.3, -0.25) is 19.2 Å². The summed E-state index contributed by atoms with van der Waals surface area (Å²) < 4.78 is 6.83. The van der Waals surface area contributed by atoms with Crippen LogP contribution in [-0.4, -0.2) is 35.9 Å². The van der Waals surface area contributed by atoms with Crippen LogP contribution >= 0.6 is 31.9 Å². The normalized spacial score (nSPS) is 21.0. The average Bonchev–Trinajstić information content (AvgIpc) is 3.00. The molecule has 1 heterocycles. The lowest BCUT2D eigenvalue weighted by Crippen LogP contribution is -2.35. The average molecular weight is 487 g/mol. The maximum absolute atomic E-state index is 12.8. The third kappa shape index (κ3) is 3.91. The summed E-state index contributed by atoms with van der Waals surface area (Å²) >= 11 is 6.76. The maximum Gasteiger partial charge on any atom is 0.220 e. The number of amides is 1. The van der Waals surface area contributed by atoms with Crippen molar-refractivity contribution in [3.05, 3.63) is 26.6 Å². The number of nitrogens with one attached hydrogen (secondary N) is 1. The van der Waals surface area contributed by atoms with E-state index < -0.39 is 11.7 Å². The van der Waals surface area contributed by atoms with Crippen molar-refractivity contribution in [1.29, 1.82) is 0 Å². The van der Waals surface area contributed by atoms with Gasteiger partial charge in [0.1, 0.15) is 18.3 Å². The van der Waals surface area contributed by atoms with Gasteiger partial charge in [-0.25, -0.2) is 0 Å². The monoisotopic (exact) mass is 485 g/mol. The molecule has 6 nitrogen and oxygen atoms in total. The second kappa shape index (κ2) is 8.00. The molecule has 26 heavy (non-hydrogen) atoms. The van der Waals surface area contributed by atoms with Gasteiger partial charge in [-0.1, -0.05) is 0 Å². The zero-order valence-electron chi connectivity index (χ0n) is 13.8. The van der Waals surface area contributed by atoms with Crippen LogP contribution in [0.2, 0.25) is 0 Å². The topological polar surface area (TPSA) is 89.5 Å². The van der Waals surface area contributed by atoms with Crippen molar-refractivity contribution in [2.75, 3.05) is 6.61 Å². The lowest BCUT2D eigenvalue weighted by Gasteiger charge is -2.20. The van der Waals surface area contributed by atoms with Gasteiger partial charge in [-0.2, -0.15) is 0 Å². The molecule has 138 valence electrons. The number of hydrogen-bond donors (Lipinski definition) is 1. The van der Waals surface area contributed by atoms with Crippen molar-refractivity contribution >= 4 is 55.1 Å². The van der Waals surface area contributed by atoms with Gasteiger partial charge in [-0.15, -0.1) is 0 Å². The van der Waals surface area contributed by atoms with Crippen LogP contribution in [0.5, 0.6) is 5.75 Å². The Labute approximate surface area is 167 Å². The van der Waals surface area contributed by atoms with Gasteiger partial charge in [0.15, 0.2) is 17.3 Å². The summed E-state index contributed by atoms with van der Waals surface area (Å²) in [5.74, 6) is -1.96. The van der Waals surface area contributed by atoms with Crippen LogP contribution in [0.25, 0.3) is 0 Å². The number of hydrogen-bond acceptors (Lipinski definition) is 5. The van der Waals surface area contributed by atoms with Crippen molar-refractivity contribution in [2.24, 2.45) is 5.92 Å². The molecular formula is C18H17Br2NO5. The maximum atomic E-state index is 12.8. The molecule has 2 aliphatic rings. The second-order valence-electron chi connectivity index (χ2n) is 6.44. The van der Waals surface area contributed by atoms with Gasteiger partial charge in [0.2, 0.25) is 5.91 Å². The molecule has 1 aliphatic carbocycles. The van der Waals surface area contributed by atoms with Gasteiger partial charge < -0.3 is 10.1 Å². The minimum Gasteiger partial charge on any atom is -0.489 e. The molecule has 0 radical (unpaired) electrons. The minimum atomic E-state index is -1.22. The van der Waals surface area contributed by atoms with Gasteiger partial charge in [0.25, 0.3) is 0 Å². The van der Waals surface area contributed by atoms with Crippen LogP contribution in [-0.2, 0) is 14.4 Å². The quantitative estimate of drug-likeness (QED) is 0.510. The fourth-order valence-electron chi connectivity index (χ4n) is 3.19. The number of carbonyl (C=O) groups excluding carboxylic acids is 4. The van der Waals surface area contributed by atoms with Crippen molar-refractivity contribution in [2.45, 2.75) is 38.1 Å². The molecule has 1 atom stereocenters. The fraction of sp³-hybridized carbons (Fsp3) is 0.444. The summed E-state index contributed by atoms with van der Waals surface area (Å²) in [4.78, 5) is 48.2. The Hall–Kier alpha value is -1.54. The molecule has 0 aromatic heterocycles. The van der Waals surface area contributed by atoms with Crippen molar-refractivity contribution in [3.63, 3.8) is 0 Å². The molecule has 0 bridgehead atoms. The van der Waals surface area contributed by atoms with Crippen LogP contribution in [0.1, 0.15) is 42.5 Å². The SMILES string of the molecule is O=C1CC[C@@H](COc2c(Br)ccc(C(=O)C3C(=O)CCCC3=O)c2Br)N1. The first kappa shape index (κ1) is 19.2. The number of Topliss-reactive ketones (excluding diaryl/α,β-unsaturated/α-hetero) is 3. The van der Waals surface area contributed by atoms with Crippen molar-refractivity contribution < 1.29 is 23.9 Å². The zero-order chi connectivity index (χ0) is 18.8. The highest BCUT2D eigenvalue weighted by molar-refractivity contribution is 9.11. The predicted octanol–water partition coefficient (Wildman–Crippen LogP) is 2.99. The second-order valence-corrected chi connectivity index (χ2v) is 8.08. The first-order valence-corrected chi connectivity index (χ1v) is 9.97. The van der Waals surface area contributed by atoms with Crippen molar-refractivity contribution in [3.8, 4) is 5.75 Å². The summed E-state index contributed by atoms with van der Waals surface area (Å²) in [5.41, 5.74) is 0.243. The molecule has 1 saturated heterocycles. The van der Waals surface area contributed by atoms with Crippen LogP contribution in [0.4, 0.5) is 0 Å². The number of benzene rings is 1. The van der Waals surface area contributed by atoms with E-state index in [1.165, 1.54) is 0 Å². The zero-order valence-corrected chi connectivity index (χ0v) is 17.0. The molecule has 8 heteroatoms. The van der Waals surface area contributed by atoms with E-state index >= 15 is 0 Å². The first-order chi connectivity index (χ1) is 12.4. The summed E-state index contributed by atoms with van der Waals surface area (Å²) in [6.07, 6.45) is 2.17. The Morgan fingerprint density at radius 1 is 1.12 bits per heavy atom. The Morgan fingerprint density at radius 2 is 1.81 bits per heavy atom. The highest BCUT2D eigenvalue weighted by atomic mass is 79.9. The third-order valence-electron chi connectivity index (χ3n) is 4.58. The van der Waals surface area contributed by atoms with Gasteiger partial charge >= 0.3 is 0 Å². The van der Waals surface area contributed by atoms with Gasteiger partial charge in [0, 0.05) is 24.8 Å². The van der Waals surface area contributed by atoms with Crippen molar-refractivity contribution in [1.82, 2.24) is 5.32 Å². The standard InChI is InChI=1S/C18H17Br2NO5/c19-11-6-5-10(17(25)15-12(22)2-1-3-13(15)23)16(20)18(11)26-8-9-4-7-14(24)21-9/h5-6,9,15H,1-4,7-8H2,(H,21,24)/t9-/m0/s1. The molecule has 1 aliphatic heterocycles. The summed E-state index contributed by atoms with van der Waals surface area (Å²) in [7, 11) is 0. The first-order valence-electron chi connectivity index (χ1n) is 8.38. The Bertz CT molecular complexity index is 776. The minimum absolute atomic E-state index is 0.00465. The molecule has 1 aromatic rings. The van der Waals surface area contributed by atoms with E-state index in [9.17, 15) is 19.2 Å². The number of rotatable bonds is 5. The van der Waals surface area contributed by atoms with E-state index in [4.69, 9.17) is 4.74 Å². The number of ketones is 3. The van der Waals surface area contributed by atoms with E-state index in [0.717, 1.165) is 0 Å². The van der Waals surface area contributed by atoms with Crippen LogP contribution in [0, 0.1) is 5.92 Å². The van der Waals surface area contributed by atoms with Crippen LogP contribution in [0.3, 0.4) is 0 Å².